The number of halogens is 2. The standard InChI is InChI=1S/C15H14BrFN2O/c16-12-4-2-6-14(8-12)19-15(20)10-18-9-11-3-1-5-13(17)7-11/h1-8,18H,9-10H2,(H,19,20). The summed E-state index contributed by atoms with van der Waals surface area (Å²) < 4.78 is 13.9. The largest absolute Gasteiger partial charge is 0.325 e. The van der Waals surface area contributed by atoms with Crippen molar-refractivity contribution < 1.29 is 9.18 Å². The molecule has 5 heteroatoms. The minimum absolute atomic E-state index is 0.139. The first-order valence-corrected chi connectivity index (χ1v) is 6.93. The van der Waals surface area contributed by atoms with E-state index in [1.54, 1.807) is 6.07 Å². The molecule has 0 spiro atoms. The summed E-state index contributed by atoms with van der Waals surface area (Å²) in [5.74, 6) is -0.414. The number of anilines is 1. The van der Waals surface area contributed by atoms with E-state index in [4.69, 9.17) is 0 Å². The van der Waals surface area contributed by atoms with Gasteiger partial charge in [-0.3, -0.25) is 4.79 Å². The van der Waals surface area contributed by atoms with E-state index in [-0.39, 0.29) is 18.3 Å². The normalized spacial score (nSPS) is 10.3. The van der Waals surface area contributed by atoms with Crippen molar-refractivity contribution in [1.29, 1.82) is 0 Å². The number of carbonyl (C=O) groups excluding carboxylic acids is 1. The zero-order valence-electron chi connectivity index (χ0n) is 10.7. The van der Waals surface area contributed by atoms with Gasteiger partial charge in [0.25, 0.3) is 0 Å². The monoisotopic (exact) mass is 336 g/mol. The molecule has 0 aromatic heterocycles. The highest BCUT2D eigenvalue weighted by Crippen LogP contribution is 2.15. The summed E-state index contributed by atoms with van der Waals surface area (Å²) in [7, 11) is 0. The van der Waals surface area contributed by atoms with Gasteiger partial charge < -0.3 is 10.6 Å². The minimum atomic E-state index is -0.275. The van der Waals surface area contributed by atoms with E-state index in [1.165, 1.54) is 12.1 Å². The molecule has 104 valence electrons. The second-order valence-electron chi connectivity index (χ2n) is 4.29. The van der Waals surface area contributed by atoms with Crippen LogP contribution in [0.2, 0.25) is 0 Å². The summed E-state index contributed by atoms with van der Waals surface area (Å²) in [6.07, 6.45) is 0. The Labute approximate surface area is 125 Å². The third-order valence-corrected chi connectivity index (χ3v) is 3.11. The number of nitrogens with one attached hydrogen (secondary N) is 2. The lowest BCUT2D eigenvalue weighted by Crippen LogP contribution is -2.27. The summed E-state index contributed by atoms with van der Waals surface area (Å²) in [4.78, 5) is 11.7. The number of rotatable bonds is 5. The summed E-state index contributed by atoms with van der Waals surface area (Å²) in [5.41, 5.74) is 1.54. The van der Waals surface area contributed by atoms with Crippen molar-refractivity contribution in [1.82, 2.24) is 5.32 Å². The number of benzene rings is 2. The molecule has 2 aromatic carbocycles. The van der Waals surface area contributed by atoms with Crippen molar-refractivity contribution in [2.45, 2.75) is 6.54 Å². The fraction of sp³-hybridized carbons (Fsp3) is 0.133. The Hall–Kier alpha value is -1.72. The van der Waals surface area contributed by atoms with Gasteiger partial charge in [-0.1, -0.05) is 34.1 Å². The Morgan fingerprint density at radius 1 is 1.15 bits per heavy atom. The Balaban J connectivity index is 1.78. The lowest BCUT2D eigenvalue weighted by Gasteiger charge is -2.07. The number of hydrogen-bond donors (Lipinski definition) is 2. The van der Waals surface area contributed by atoms with E-state index < -0.39 is 0 Å². The first-order chi connectivity index (χ1) is 9.63. The van der Waals surface area contributed by atoms with E-state index >= 15 is 0 Å². The summed E-state index contributed by atoms with van der Waals surface area (Å²) in [6.45, 7) is 0.618. The van der Waals surface area contributed by atoms with Crippen molar-refractivity contribution in [2.24, 2.45) is 0 Å². The zero-order chi connectivity index (χ0) is 14.4. The Kier molecular flexibility index (Phi) is 5.26. The van der Waals surface area contributed by atoms with Crippen LogP contribution in [-0.4, -0.2) is 12.5 Å². The van der Waals surface area contributed by atoms with Crippen molar-refractivity contribution in [2.75, 3.05) is 11.9 Å². The Bertz CT molecular complexity index is 604. The topological polar surface area (TPSA) is 41.1 Å². The van der Waals surface area contributed by atoms with Gasteiger partial charge >= 0.3 is 0 Å². The number of amides is 1. The zero-order valence-corrected chi connectivity index (χ0v) is 12.3. The second kappa shape index (κ2) is 7.17. The molecule has 0 unspecified atom stereocenters. The highest BCUT2D eigenvalue weighted by Gasteiger charge is 2.02. The van der Waals surface area contributed by atoms with Gasteiger partial charge in [-0.2, -0.15) is 0 Å². The first-order valence-electron chi connectivity index (χ1n) is 6.14. The predicted octanol–water partition coefficient (Wildman–Crippen LogP) is 3.32. The molecule has 0 saturated heterocycles. The molecule has 0 aliphatic carbocycles. The van der Waals surface area contributed by atoms with E-state index in [0.717, 1.165) is 15.7 Å². The molecule has 1 amide bonds. The maximum Gasteiger partial charge on any atom is 0.238 e. The van der Waals surface area contributed by atoms with Crippen molar-refractivity contribution >= 4 is 27.5 Å². The highest BCUT2D eigenvalue weighted by atomic mass is 79.9. The molecule has 0 aliphatic heterocycles. The van der Waals surface area contributed by atoms with Gasteiger partial charge in [0.1, 0.15) is 5.82 Å². The van der Waals surface area contributed by atoms with Crippen molar-refractivity contribution in [3.63, 3.8) is 0 Å². The molecule has 0 saturated carbocycles. The molecule has 2 N–H and O–H groups in total. The van der Waals surface area contributed by atoms with Crippen LogP contribution >= 0.6 is 15.9 Å². The van der Waals surface area contributed by atoms with Gasteiger partial charge in [0, 0.05) is 16.7 Å². The van der Waals surface area contributed by atoms with E-state index in [9.17, 15) is 9.18 Å². The summed E-state index contributed by atoms with van der Waals surface area (Å²) >= 11 is 3.34. The van der Waals surface area contributed by atoms with Crippen LogP contribution in [0, 0.1) is 5.82 Å². The van der Waals surface area contributed by atoms with Crippen molar-refractivity contribution in [3.05, 3.63) is 64.4 Å². The molecule has 0 heterocycles. The van der Waals surface area contributed by atoms with Crippen LogP contribution in [0.15, 0.2) is 53.0 Å². The molecule has 0 radical (unpaired) electrons. The van der Waals surface area contributed by atoms with Crippen molar-refractivity contribution in [3.8, 4) is 0 Å². The molecule has 2 aromatic rings. The van der Waals surface area contributed by atoms with Crippen LogP contribution in [0.1, 0.15) is 5.56 Å². The van der Waals surface area contributed by atoms with E-state index in [2.05, 4.69) is 26.6 Å². The van der Waals surface area contributed by atoms with Gasteiger partial charge in [0.2, 0.25) is 5.91 Å². The fourth-order valence-corrected chi connectivity index (χ4v) is 2.14. The molecule has 20 heavy (non-hydrogen) atoms. The predicted molar refractivity (Wildman–Crippen MR) is 80.9 cm³/mol. The van der Waals surface area contributed by atoms with Crippen LogP contribution in [-0.2, 0) is 11.3 Å². The molecular weight excluding hydrogens is 323 g/mol. The molecule has 3 nitrogen and oxygen atoms in total. The van der Waals surface area contributed by atoms with Crippen LogP contribution in [0.25, 0.3) is 0 Å². The SMILES string of the molecule is O=C(CNCc1cccc(F)c1)Nc1cccc(Br)c1. The van der Waals surface area contributed by atoms with E-state index in [0.29, 0.717) is 6.54 Å². The van der Waals surface area contributed by atoms with Crippen LogP contribution in [0.3, 0.4) is 0 Å². The average Bonchev–Trinajstić information content (AvgIpc) is 2.38. The molecule has 2 rings (SSSR count). The number of hydrogen-bond acceptors (Lipinski definition) is 2. The summed E-state index contributed by atoms with van der Waals surface area (Å²) in [5, 5.41) is 5.75. The first kappa shape index (κ1) is 14.7. The van der Waals surface area contributed by atoms with Crippen LogP contribution < -0.4 is 10.6 Å². The average molecular weight is 337 g/mol. The fourth-order valence-electron chi connectivity index (χ4n) is 1.74. The molecular formula is C15H14BrFN2O. The second-order valence-corrected chi connectivity index (χ2v) is 5.21. The highest BCUT2D eigenvalue weighted by molar-refractivity contribution is 9.10. The minimum Gasteiger partial charge on any atom is -0.325 e. The maximum atomic E-state index is 13.0. The third-order valence-electron chi connectivity index (χ3n) is 2.61. The lowest BCUT2D eigenvalue weighted by atomic mass is 10.2. The quantitative estimate of drug-likeness (QED) is 0.879. The number of carbonyl (C=O) groups is 1. The van der Waals surface area contributed by atoms with Gasteiger partial charge in [0.15, 0.2) is 0 Å². The molecule has 0 bridgehead atoms. The van der Waals surface area contributed by atoms with Crippen LogP contribution in [0.5, 0.6) is 0 Å². The lowest BCUT2D eigenvalue weighted by molar-refractivity contribution is -0.115. The Morgan fingerprint density at radius 3 is 2.70 bits per heavy atom. The third kappa shape index (κ3) is 4.75. The smallest absolute Gasteiger partial charge is 0.238 e. The van der Waals surface area contributed by atoms with Gasteiger partial charge in [-0.15, -0.1) is 0 Å². The van der Waals surface area contributed by atoms with Crippen LogP contribution in [0.4, 0.5) is 10.1 Å². The molecule has 0 aliphatic rings. The van der Waals surface area contributed by atoms with Gasteiger partial charge in [0.05, 0.1) is 6.54 Å². The van der Waals surface area contributed by atoms with Gasteiger partial charge in [-0.05, 0) is 35.9 Å². The molecule has 0 fully saturated rings. The van der Waals surface area contributed by atoms with Gasteiger partial charge in [-0.25, -0.2) is 4.39 Å². The summed E-state index contributed by atoms with van der Waals surface area (Å²) in [6, 6.07) is 13.7. The maximum absolute atomic E-state index is 13.0. The van der Waals surface area contributed by atoms with E-state index in [1.807, 2.05) is 30.3 Å². The Morgan fingerprint density at radius 2 is 1.95 bits per heavy atom. The molecule has 0 atom stereocenters.